The van der Waals surface area contributed by atoms with Gasteiger partial charge in [0.25, 0.3) is 0 Å². The highest BCUT2D eigenvalue weighted by Crippen LogP contribution is 2.69. The molecule has 3 nitrogen and oxygen atoms in total. The van der Waals surface area contributed by atoms with Crippen LogP contribution in [0.4, 0.5) is 0 Å². The number of hydrogen-bond acceptors (Lipinski definition) is 3. The quantitative estimate of drug-likeness (QED) is 0.526. The number of ether oxygens (including phenoxy) is 1. The molecule has 0 saturated heterocycles. The Labute approximate surface area is 182 Å². The molecule has 0 heterocycles. The molecule has 2 aliphatic carbocycles. The second-order valence-electron chi connectivity index (χ2n) is 8.73. The molecule has 1 saturated carbocycles. The number of aldehydes is 1. The molecule has 0 radical (unpaired) electrons. The number of ketones is 1. The third-order valence-corrected chi connectivity index (χ3v) is 7.07. The molecule has 5 rings (SSSR count). The van der Waals surface area contributed by atoms with E-state index in [1.54, 1.807) is 0 Å². The highest BCUT2D eigenvalue weighted by molar-refractivity contribution is 6.24. The molecule has 0 N–H and O–H groups in total. The third-order valence-electron chi connectivity index (χ3n) is 7.07. The maximum atomic E-state index is 14.1. The van der Waals surface area contributed by atoms with E-state index >= 15 is 0 Å². The lowest BCUT2D eigenvalue weighted by atomic mass is 9.66. The summed E-state index contributed by atoms with van der Waals surface area (Å²) in [5, 5.41) is 0. The number of fused-ring (bicyclic) bond motifs is 2. The van der Waals surface area contributed by atoms with Gasteiger partial charge in [0, 0.05) is 0 Å². The van der Waals surface area contributed by atoms with E-state index in [0.29, 0.717) is 5.75 Å². The Balaban J connectivity index is 1.79. The lowest BCUT2D eigenvalue weighted by molar-refractivity contribution is -0.128. The van der Waals surface area contributed by atoms with Crippen LogP contribution in [0, 0.1) is 16.7 Å². The van der Waals surface area contributed by atoms with Crippen LogP contribution in [0.2, 0.25) is 0 Å². The Hall–Kier alpha value is -3.46. The van der Waals surface area contributed by atoms with Crippen molar-refractivity contribution in [2.45, 2.75) is 20.0 Å². The molecular formula is C28H24O3. The van der Waals surface area contributed by atoms with E-state index in [-0.39, 0.29) is 5.78 Å². The number of carbonyl (C=O) groups excluding carboxylic acids is 2. The van der Waals surface area contributed by atoms with Crippen LogP contribution in [-0.4, -0.2) is 18.2 Å². The van der Waals surface area contributed by atoms with Crippen LogP contribution in [0.25, 0.3) is 11.1 Å². The maximum absolute atomic E-state index is 14.1. The molecule has 4 atom stereocenters. The van der Waals surface area contributed by atoms with Crippen LogP contribution >= 0.6 is 0 Å². The SMILES string of the molecule is CC12C(=O)C(C)(C(c3ccccc3)=C1c1ccccc1)[C@@H](Oc1ccccc1)[C@H]2C=O. The molecule has 0 aliphatic heterocycles. The highest BCUT2D eigenvalue weighted by atomic mass is 16.5. The van der Waals surface area contributed by atoms with Crippen LogP contribution in [0.3, 0.4) is 0 Å². The summed E-state index contributed by atoms with van der Waals surface area (Å²) in [7, 11) is 0. The second-order valence-corrected chi connectivity index (χ2v) is 8.73. The predicted octanol–water partition coefficient (Wildman–Crippen LogP) is 5.47. The molecule has 154 valence electrons. The fourth-order valence-electron chi connectivity index (χ4n) is 5.68. The maximum Gasteiger partial charge on any atom is 0.158 e. The Morgan fingerprint density at radius 2 is 1.16 bits per heavy atom. The summed E-state index contributed by atoms with van der Waals surface area (Å²) < 4.78 is 6.40. The van der Waals surface area contributed by atoms with E-state index in [1.165, 1.54) is 0 Å². The normalized spacial score (nSPS) is 29.3. The third kappa shape index (κ3) is 2.59. The van der Waals surface area contributed by atoms with Crippen molar-refractivity contribution in [1.29, 1.82) is 0 Å². The second kappa shape index (κ2) is 7.05. The number of benzene rings is 3. The summed E-state index contributed by atoms with van der Waals surface area (Å²) >= 11 is 0. The van der Waals surface area contributed by atoms with Gasteiger partial charge in [-0.1, -0.05) is 78.9 Å². The minimum absolute atomic E-state index is 0.0516. The van der Waals surface area contributed by atoms with Gasteiger partial charge >= 0.3 is 0 Å². The Morgan fingerprint density at radius 1 is 0.710 bits per heavy atom. The first-order valence-corrected chi connectivity index (χ1v) is 10.6. The molecule has 3 aromatic carbocycles. The van der Waals surface area contributed by atoms with Crippen molar-refractivity contribution in [3.8, 4) is 5.75 Å². The average Bonchev–Trinajstić information content (AvgIpc) is 3.09. The number of Topliss-reactive ketones (excluding diaryl/α,β-unsaturated/α-hetero) is 1. The van der Waals surface area contributed by atoms with Crippen molar-refractivity contribution in [2.24, 2.45) is 16.7 Å². The number of allylic oxidation sites excluding steroid dienone is 1. The summed E-state index contributed by atoms with van der Waals surface area (Å²) in [6.45, 7) is 3.86. The number of hydrogen-bond donors (Lipinski definition) is 0. The van der Waals surface area contributed by atoms with Gasteiger partial charge in [-0.05, 0) is 48.3 Å². The van der Waals surface area contributed by atoms with Gasteiger partial charge in [-0.25, -0.2) is 0 Å². The Bertz CT molecular complexity index is 1170. The molecule has 0 spiro atoms. The van der Waals surface area contributed by atoms with Crippen molar-refractivity contribution in [2.75, 3.05) is 0 Å². The van der Waals surface area contributed by atoms with E-state index in [0.717, 1.165) is 28.6 Å². The highest BCUT2D eigenvalue weighted by Gasteiger charge is 2.73. The molecule has 2 bridgehead atoms. The molecule has 0 amide bonds. The predicted molar refractivity (Wildman–Crippen MR) is 121 cm³/mol. The zero-order chi connectivity index (χ0) is 21.6. The monoisotopic (exact) mass is 408 g/mol. The number of carbonyl (C=O) groups is 2. The van der Waals surface area contributed by atoms with Crippen LogP contribution in [0.5, 0.6) is 5.75 Å². The molecule has 2 unspecified atom stereocenters. The molecule has 0 aromatic heterocycles. The Morgan fingerprint density at radius 3 is 1.65 bits per heavy atom. The fourth-order valence-corrected chi connectivity index (χ4v) is 5.68. The minimum Gasteiger partial charge on any atom is -0.488 e. The molecule has 1 fully saturated rings. The zero-order valence-electron chi connectivity index (χ0n) is 17.6. The van der Waals surface area contributed by atoms with Crippen molar-refractivity contribution in [1.82, 2.24) is 0 Å². The van der Waals surface area contributed by atoms with Crippen molar-refractivity contribution in [3.63, 3.8) is 0 Å². The van der Waals surface area contributed by atoms with Gasteiger partial charge < -0.3 is 9.53 Å². The zero-order valence-corrected chi connectivity index (χ0v) is 17.6. The van der Waals surface area contributed by atoms with E-state index in [4.69, 9.17) is 4.74 Å². The first kappa shape index (κ1) is 19.5. The van der Waals surface area contributed by atoms with Gasteiger partial charge in [0.15, 0.2) is 5.78 Å². The lowest BCUT2D eigenvalue weighted by Gasteiger charge is -2.39. The summed E-state index contributed by atoms with van der Waals surface area (Å²) in [5.74, 6) is 0.141. The van der Waals surface area contributed by atoms with E-state index in [1.807, 2.05) is 105 Å². The summed E-state index contributed by atoms with van der Waals surface area (Å²) in [6.07, 6.45) is 0.342. The molecular weight excluding hydrogens is 384 g/mol. The minimum atomic E-state index is -0.956. The van der Waals surface area contributed by atoms with Gasteiger partial charge in [0.2, 0.25) is 0 Å². The molecule has 2 aliphatic rings. The van der Waals surface area contributed by atoms with Gasteiger partial charge in [-0.3, -0.25) is 4.79 Å². The van der Waals surface area contributed by atoms with Crippen LogP contribution < -0.4 is 4.74 Å². The van der Waals surface area contributed by atoms with E-state index < -0.39 is 22.9 Å². The largest absolute Gasteiger partial charge is 0.488 e. The van der Waals surface area contributed by atoms with Crippen molar-refractivity contribution >= 4 is 23.2 Å². The average molecular weight is 408 g/mol. The first-order valence-electron chi connectivity index (χ1n) is 10.6. The first-order chi connectivity index (χ1) is 15.0. The standard InChI is InChI=1S/C28H24O3/c1-27-22(18-29)25(31-21-16-10-5-11-17-21)28(2,26(27)30)24(20-14-8-4-9-15-20)23(27)19-12-6-3-7-13-19/h3-18,22,25H,1-2H3/t22-,25+,27?,28?/m1/s1. The number of para-hydroxylation sites is 1. The molecule has 3 heteroatoms. The fraction of sp³-hybridized carbons (Fsp3) is 0.214. The Kier molecular flexibility index (Phi) is 4.44. The van der Waals surface area contributed by atoms with Crippen molar-refractivity contribution < 1.29 is 14.3 Å². The van der Waals surface area contributed by atoms with E-state index in [2.05, 4.69) is 0 Å². The van der Waals surface area contributed by atoms with Crippen LogP contribution in [-0.2, 0) is 9.59 Å². The number of rotatable bonds is 5. The summed E-state index contributed by atoms with van der Waals surface area (Å²) in [5.41, 5.74) is 1.98. The van der Waals surface area contributed by atoms with E-state index in [9.17, 15) is 9.59 Å². The van der Waals surface area contributed by atoms with Crippen LogP contribution in [0.1, 0.15) is 25.0 Å². The van der Waals surface area contributed by atoms with Gasteiger partial charge in [0.1, 0.15) is 18.1 Å². The lowest BCUT2D eigenvalue weighted by Crippen LogP contribution is -2.43. The topological polar surface area (TPSA) is 43.4 Å². The summed E-state index contributed by atoms with van der Waals surface area (Å²) in [6, 6.07) is 29.4. The summed E-state index contributed by atoms with van der Waals surface area (Å²) in [4.78, 5) is 26.5. The smallest absolute Gasteiger partial charge is 0.158 e. The van der Waals surface area contributed by atoms with Crippen LogP contribution in [0.15, 0.2) is 91.0 Å². The van der Waals surface area contributed by atoms with Gasteiger partial charge in [-0.2, -0.15) is 0 Å². The van der Waals surface area contributed by atoms with Gasteiger partial charge in [0.05, 0.1) is 16.7 Å². The molecule has 3 aromatic rings. The molecule has 31 heavy (non-hydrogen) atoms. The van der Waals surface area contributed by atoms with Gasteiger partial charge in [-0.15, -0.1) is 0 Å². The van der Waals surface area contributed by atoms with Crippen molar-refractivity contribution in [3.05, 3.63) is 102 Å².